The number of aliphatic hydroxyl groups is 1. The quantitative estimate of drug-likeness (QED) is 0.725. The molecule has 0 spiro atoms. The zero-order valence-electron chi connectivity index (χ0n) is 9.98. The molecule has 94 valence electrons. The Morgan fingerprint density at radius 1 is 1.41 bits per heavy atom. The van der Waals surface area contributed by atoms with Gasteiger partial charge in [0.25, 0.3) is 0 Å². The van der Waals surface area contributed by atoms with Crippen molar-refractivity contribution in [3.8, 4) is 0 Å². The molecule has 0 aromatic rings. The summed E-state index contributed by atoms with van der Waals surface area (Å²) in [6.07, 6.45) is 11.1. The summed E-state index contributed by atoms with van der Waals surface area (Å²) >= 11 is 0. The second-order valence-electron chi connectivity index (χ2n) is 4.94. The van der Waals surface area contributed by atoms with Gasteiger partial charge >= 0.3 is 0 Å². The maximum Gasteiger partial charge on any atom is 0.120 e. The Morgan fingerprint density at radius 3 is 2.94 bits per heavy atom. The molecule has 0 aromatic carbocycles. The van der Waals surface area contributed by atoms with Crippen molar-refractivity contribution in [3.63, 3.8) is 0 Å². The third-order valence-electron chi connectivity index (χ3n) is 3.53. The van der Waals surface area contributed by atoms with Crippen LogP contribution in [0.4, 0.5) is 4.39 Å². The zero-order valence-corrected chi connectivity index (χ0v) is 9.98. The maximum atomic E-state index is 13.2. The molecule has 0 heterocycles. The molecule has 2 nitrogen and oxygen atoms in total. The molecule has 0 radical (unpaired) electrons. The van der Waals surface area contributed by atoms with E-state index >= 15 is 0 Å². The number of halogens is 1. The minimum Gasteiger partial charge on any atom is -0.388 e. The van der Waals surface area contributed by atoms with Gasteiger partial charge in [0.2, 0.25) is 0 Å². The zero-order chi connectivity index (χ0) is 12.3. The highest BCUT2D eigenvalue weighted by Gasteiger charge is 2.24. The van der Waals surface area contributed by atoms with Crippen LogP contribution in [0, 0.1) is 5.92 Å². The monoisotopic (exact) mass is 237 g/mol. The normalized spacial score (nSPS) is 31.5. The van der Waals surface area contributed by atoms with Crippen molar-refractivity contribution >= 4 is 0 Å². The van der Waals surface area contributed by atoms with Gasteiger partial charge in [0, 0.05) is 12.0 Å². The smallest absolute Gasteiger partial charge is 0.120 e. The molecule has 2 aliphatic carbocycles. The fourth-order valence-electron chi connectivity index (χ4n) is 2.58. The first-order valence-electron chi connectivity index (χ1n) is 6.35. The van der Waals surface area contributed by atoms with Crippen molar-refractivity contribution in [1.82, 2.24) is 0 Å². The fraction of sp³-hybridized carbons (Fsp3) is 0.571. The van der Waals surface area contributed by atoms with Crippen LogP contribution < -0.4 is 5.73 Å². The number of hydrogen-bond acceptors (Lipinski definition) is 2. The van der Waals surface area contributed by atoms with E-state index in [1.54, 1.807) is 6.08 Å². The number of allylic oxidation sites excluding steroid dienone is 3. The lowest BCUT2D eigenvalue weighted by atomic mass is 9.85. The van der Waals surface area contributed by atoms with E-state index in [0.29, 0.717) is 6.42 Å². The van der Waals surface area contributed by atoms with E-state index in [-0.39, 0.29) is 17.8 Å². The average molecular weight is 237 g/mol. The summed E-state index contributed by atoms with van der Waals surface area (Å²) in [6.45, 7) is 0. The highest BCUT2D eigenvalue weighted by atomic mass is 19.1. The van der Waals surface area contributed by atoms with Crippen LogP contribution in [0.1, 0.15) is 32.1 Å². The summed E-state index contributed by atoms with van der Waals surface area (Å²) in [7, 11) is 0. The molecule has 3 N–H and O–H groups in total. The summed E-state index contributed by atoms with van der Waals surface area (Å²) in [5, 5.41) is 10.3. The van der Waals surface area contributed by atoms with Crippen molar-refractivity contribution in [1.29, 1.82) is 0 Å². The van der Waals surface area contributed by atoms with Gasteiger partial charge < -0.3 is 10.8 Å². The molecule has 3 heteroatoms. The van der Waals surface area contributed by atoms with E-state index in [0.717, 1.165) is 24.8 Å². The third kappa shape index (κ3) is 3.27. The first-order valence-corrected chi connectivity index (χ1v) is 6.35. The Morgan fingerprint density at radius 2 is 2.24 bits per heavy atom. The summed E-state index contributed by atoms with van der Waals surface area (Å²) in [5.41, 5.74) is 6.89. The lowest BCUT2D eigenvalue weighted by Gasteiger charge is -2.25. The molecular formula is C14H20FNO. The first-order chi connectivity index (χ1) is 8.16. The first kappa shape index (κ1) is 12.5. The lowest BCUT2D eigenvalue weighted by Crippen LogP contribution is -2.28. The third-order valence-corrected chi connectivity index (χ3v) is 3.53. The molecule has 0 saturated heterocycles. The molecule has 0 saturated carbocycles. The molecule has 17 heavy (non-hydrogen) atoms. The van der Waals surface area contributed by atoms with Crippen LogP contribution >= 0.6 is 0 Å². The molecule has 0 bridgehead atoms. The predicted octanol–water partition coefficient (Wildman–Crippen LogP) is 2.60. The van der Waals surface area contributed by atoms with Gasteiger partial charge in [-0.1, -0.05) is 12.2 Å². The van der Waals surface area contributed by atoms with Crippen LogP contribution in [0.2, 0.25) is 0 Å². The molecule has 0 aliphatic heterocycles. The van der Waals surface area contributed by atoms with E-state index in [2.05, 4.69) is 6.08 Å². The Bertz CT molecular complexity index is 359. The van der Waals surface area contributed by atoms with Crippen molar-refractivity contribution in [2.45, 2.75) is 44.2 Å². The number of rotatable bonds is 2. The number of aliphatic hydroxyl groups excluding tert-OH is 1. The Balaban J connectivity index is 2.07. The van der Waals surface area contributed by atoms with Gasteiger partial charge in [0.1, 0.15) is 5.83 Å². The van der Waals surface area contributed by atoms with Gasteiger partial charge in [-0.25, -0.2) is 4.39 Å². The summed E-state index contributed by atoms with van der Waals surface area (Å²) in [6, 6.07) is -0.311. The molecule has 2 rings (SSSR count). The number of hydrogen-bond donors (Lipinski definition) is 2. The topological polar surface area (TPSA) is 46.2 Å². The van der Waals surface area contributed by atoms with Crippen LogP contribution in [-0.4, -0.2) is 17.3 Å². The molecule has 3 atom stereocenters. The molecule has 0 amide bonds. The van der Waals surface area contributed by atoms with Crippen molar-refractivity contribution in [2.24, 2.45) is 11.7 Å². The van der Waals surface area contributed by atoms with Crippen LogP contribution in [0.3, 0.4) is 0 Å². The summed E-state index contributed by atoms with van der Waals surface area (Å²) < 4.78 is 13.2. The molecule has 0 aromatic heterocycles. The Hall–Kier alpha value is -0.930. The van der Waals surface area contributed by atoms with E-state index in [1.807, 2.05) is 0 Å². The molecular weight excluding hydrogens is 217 g/mol. The minimum absolute atomic E-state index is 0.0705. The summed E-state index contributed by atoms with van der Waals surface area (Å²) in [4.78, 5) is 0. The lowest BCUT2D eigenvalue weighted by molar-refractivity contribution is 0.152. The largest absolute Gasteiger partial charge is 0.388 e. The van der Waals surface area contributed by atoms with E-state index < -0.39 is 6.10 Å². The van der Waals surface area contributed by atoms with E-state index in [1.165, 1.54) is 18.6 Å². The minimum atomic E-state index is -0.503. The Labute approximate surface area is 102 Å². The van der Waals surface area contributed by atoms with Crippen LogP contribution in [0.15, 0.2) is 35.7 Å². The second kappa shape index (κ2) is 5.61. The predicted molar refractivity (Wildman–Crippen MR) is 67.0 cm³/mol. The van der Waals surface area contributed by atoms with Gasteiger partial charge in [-0.05, 0) is 49.8 Å². The van der Waals surface area contributed by atoms with Gasteiger partial charge in [0.05, 0.1) is 6.10 Å². The SMILES string of the molecule is NC1C=C(F)C=CC([C@@H](O)C2=CCCCC2)C1. The van der Waals surface area contributed by atoms with Gasteiger partial charge in [-0.15, -0.1) is 0 Å². The number of nitrogens with two attached hydrogens (primary N) is 1. The van der Waals surface area contributed by atoms with Crippen LogP contribution in [-0.2, 0) is 0 Å². The van der Waals surface area contributed by atoms with Gasteiger partial charge in [-0.3, -0.25) is 0 Å². The molecule has 2 unspecified atom stereocenters. The standard InChI is InChI=1S/C14H20FNO/c15-12-7-6-11(8-13(16)9-12)14(17)10-4-2-1-3-5-10/h4,6-7,9,11,13-14,17H,1-3,5,8,16H2/t11?,13?,14-/m0/s1. The molecule has 0 fully saturated rings. The van der Waals surface area contributed by atoms with E-state index in [4.69, 9.17) is 5.73 Å². The fourth-order valence-corrected chi connectivity index (χ4v) is 2.58. The van der Waals surface area contributed by atoms with Gasteiger partial charge in [0.15, 0.2) is 0 Å². The van der Waals surface area contributed by atoms with E-state index in [9.17, 15) is 9.50 Å². The van der Waals surface area contributed by atoms with Crippen molar-refractivity contribution in [2.75, 3.05) is 0 Å². The average Bonchev–Trinajstić information content (AvgIpc) is 2.50. The Kier molecular flexibility index (Phi) is 4.13. The highest BCUT2D eigenvalue weighted by molar-refractivity contribution is 5.22. The van der Waals surface area contributed by atoms with Gasteiger partial charge in [-0.2, -0.15) is 0 Å². The van der Waals surface area contributed by atoms with Crippen LogP contribution in [0.25, 0.3) is 0 Å². The van der Waals surface area contributed by atoms with Crippen LogP contribution in [0.5, 0.6) is 0 Å². The maximum absolute atomic E-state index is 13.2. The summed E-state index contributed by atoms with van der Waals surface area (Å²) in [5.74, 6) is -0.372. The highest BCUT2D eigenvalue weighted by Crippen LogP contribution is 2.28. The second-order valence-corrected chi connectivity index (χ2v) is 4.94. The molecule has 2 aliphatic rings. The van der Waals surface area contributed by atoms with Crippen molar-refractivity contribution < 1.29 is 9.50 Å². The van der Waals surface area contributed by atoms with Crippen molar-refractivity contribution in [3.05, 3.63) is 35.7 Å².